The van der Waals surface area contributed by atoms with Crippen LogP contribution in [-0.4, -0.2) is 50.6 Å². The molecule has 12 aliphatic rings. The maximum absolute atomic E-state index is 13.7. The number of carbonyl (C=O) groups excluding carboxylic acids is 2. The molecule has 0 atom stereocenters. The minimum Gasteiger partial charge on any atom is -0.463 e. The van der Waals surface area contributed by atoms with E-state index < -0.39 is 10.8 Å². The van der Waals surface area contributed by atoms with Crippen molar-refractivity contribution in [3.05, 3.63) is 0 Å². The van der Waals surface area contributed by atoms with Crippen LogP contribution in [0.25, 0.3) is 0 Å². The molecule has 0 saturated heterocycles. The quantitative estimate of drug-likeness (QED) is 0.222. The molecule has 42 heavy (non-hydrogen) atoms. The van der Waals surface area contributed by atoms with Gasteiger partial charge in [0.2, 0.25) is 0 Å². The smallest absolute Gasteiger partial charge is 0.312 e. The van der Waals surface area contributed by atoms with Gasteiger partial charge in [0.25, 0.3) is 0 Å². The molecule has 0 aromatic carbocycles. The number of hydrogen-bond acceptors (Lipinski definition) is 6. The molecule has 0 spiro atoms. The van der Waals surface area contributed by atoms with E-state index in [2.05, 4.69) is 0 Å². The molecule has 12 rings (SSSR count). The maximum atomic E-state index is 13.7. The number of esters is 2. The average Bonchev–Trinajstić information content (AvgIpc) is 2.94. The Bertz CT molecular complexity index is 933. The Labute approximate surface area is 251 Å². The van der Waals surface area contributed by atoms with Crippen LogP contribution in [0.2, 0.25) is 0 Å². The molecule has 0 aliphatic heterocycles. The van der Waals surface area contributed by atoms with Gasteiger partial charge in [0.1, 0.15) is 13.2 Å². The first kappa shape index (κ1) is 27.2. The van der Waals surface area contributed by atoms with E-state index in [1.165, 1.54) is 64.2 Å². The minimum absolute atomic E-state index is 0.0762. The van der Waals surface area contributed by atoms with Gasteiger partial charge in [0, 0.05) is 0 Å². The fourth-order valence-electron chi connectivity index (χ4n) is 14.0. The van der Waals surface area contributed by atoms with Gasteiger partial charge in [-0.15, -0.1) is 0 Å². The molecular formula is C36H52O6. The van der Waals surface area contributed by atoms with Gasteiger partial charge in [0.15, 0.2) is 0 Å². The van der Waals surface area contributed by atoms with Crippen LogP contribution in [0.1, 0.15) is 103 Å². The van der Waals surface area contributed by atoms with Gasteiger partial charge in [-0.2, -0.15) is 0 Å². The molecule has 0 aromatic heterocycles. The first-order valence-electron chi connectivity index (χ1n) is 18.0. The molecule has 12 aliphatic carbocycles. The molecule has 12 fully saturated rings. The molecule has 0 amide bonds. The Kier molecular flexibility index (Phi) is 6.60. The summed E-state index contributed by atoms with van der Waals surface area (Å²) in [6.07, 6.45) is 19.7. The molecule has 0 radical (unpaired) electrons. The molecule has 232 valence electrons. The van der Waals surface area contributed by atoms with E-state index >= 15 is 0 Å². The summed E-state index contributed by atoms with van der Waals surface area (Å²) in [6, 6.07) is 0. The van der Waals surface area contributed by atoms with Crippen molar-refractivity contribution in [2.75, 3.05) is 26.4 Å². The van der Waals surface area contributed by atoms with E-state index in [0.29, 0.717) is 56.9 Å². The fourth-order valence-corrected chi connectivity index (χ4v) is 14.0. The van der Waals surface area contributed by atoms with Crippen LogP contribution < -0.4 is 0 Å². The lowest BCUT2D eigenvalue weighted by Crippen LogP contribution is -2.58. The third kappa shape index (κ3) is 4.53. The van der Waals surface area contributed by atoms with E-state index in [-0.39, 0.29) is 11.9 Å². The number of rotatable bonds is 10. The predicted molar refractivity (Wildman–Crippen MR) is 155 cm³/mol. The Morgan fingerprint density at radius 1 is 0.452 bits per heavy atom. The van der Waals surface area contributed by atoms with Gasteiger partial charge in [-0.3, -0.25) is 9.59 Å². The van der Waals surface area contributed by atoms with Gasteiger partial charge in [-0.1, -0.05) is 0 Å². The Morgan fingerprint density at radius 3 is 1.14 bits per heavy atom. The van der Waals surface area contributed by atoms with Gasteiger partial charge >= 0.3 is 11.9 Å². The second-order valence-corrected chi connectivity index (χ2v) is 17.3. The summed E-state index contributed by atoms with van der Waals surface area (Å²) in [5.74, 6) is 7.37. The van der Waals surface area contributed by atoms with Crippen LogP contribution in [0.15, 0.2) is 0 Å². The van der Waals surface area contributed by atoms with Crippen LogP contribution >= 0.6 is 0 Å². The van der Waals surface area contributed by atoms with Crippen molar-refractivity contribution >= 4 is 11.9 Å². The lowest BCUT2D eigenvalue weighted by molar-refractivity contribution is -0.197. The number of hydrogen-bond donors (Lipinski definition) is 0. The monoisotopic (exact) mass is 580 g/mol. The molecule has 0 N–H and O–H groups in total. The zero-order chi connectivity index (χ0) is 28.1. The molecule has 0 aromatic rings. The molecule has 6 heteroatoms. The zero-order valence-corrected chi connectivity index (χ0v) is 25.5. The SMILES string of the molecule is O=C(OCCOC1C2CC3CC(C2)CC1C3)C12CC3CC(C1)CC(C(=O)OCCOC1C4CC5CC(C4)CC1C5)(C3)C2. The molecule has 0 unspecified atom stereocenters. The van der Waals surface area contributed by atoms with E-state index in [9.17, 15) is 9.59 Å². The van der Waals surface area contributed by atoms with Crippen molar-refractivity contribution in [1.29, 1.82) is 0 Å². The van der Waals surface area contributed by atoms with E-state index in [4.69, 9.17) is 18.9 Å². The largest absolute Gasteiger partial charge is 0.463 e. The molecule has 12 bridgehead atoms. The van der Waals surface area contributed by atoms with Gasteiger partial charge < -0.3 is 18.9 Å². The van der Waals surface area contributed by atoms with Crippen LogP contribution in [0.3, 0.4) is 0 Å². The summed E-state index contributed by atoms with van der Waals surface area (Å²) in [7, 11) is 0. The summed E-state index contributed by atoms with van der Waals surface area (Å²) >= 11 is 0. The molecule has 6 nitrogen and oxygen atoms in total. The van der Waals surface area contributed by atoms with Gasteiger partial charge in [-0.25, -0.2) is 0 Å². The van der Waals surface area contributed by atoms with Crippen LogP contribution in [0, 0.1) is 70.0 Å². The molecule has 12 saturated carbocycles. The van der Waals surface area contributed by atoms with Crippen molar-refractivity contribution in [2.45, 2.75) is 115 Å². The highest BCUT2D eigenvalue weighted by molar-refractivity contribution is 5.83. The second-order valence-electron chi connectivity index (χ2n) is 17.3. The highest BCUT2D eigenvalue weighted by Crippen LogP contribution is 2.66. The predicted octanol–water partition coefficient (Wildman–Crippen LogP) is 6.34. The Morgan fingerprint density at radius 2 is 0.786 bits per heavy atom. The normalized spacial score (nSPS) is 52.2. The highest BCUT2D eigenvalue weighted by Gasteiger charge is 2.64. The van der Waals surface area contributed by atoms with Crippen LogP contribution in [0.5, 0.6) is 0 Å². The van der Waals surface area contributed by atoms with Crippen molar-refractivity contribution in [3.8, 4) is 0 Å². The standard InChI is InChI=1S/C36H52O6/c37-33(41-3-1-39-31-27-8-21-5-22(10-27)11-28(31)9-21)35-16-25-7-26(17-35)19-36(18-25,20-35)34(38)42-4-2-40-32-29-12-23-6-24(14-29)15-30(32)13-23/h21-32H,1-20H2. The van der Waals surface area contributed by atoms with Crippen LogP contribution in [-0.2, 0) is 28.5 Å². The Balaban J connectivity index is 0.772. The van der Waals surface area contributed by atoms with Gasteiger partial charge in [-0.05, 0) is 162 Å². The van der Waals surface area contributed by atoms with E-state index in [1.807, 2.05) is 0 Å². The van der Waals surface area contributed by atoms with Crippen molar-refractivity contribution in [2.24, 2.45) is 70.0 Å². The summed E-state index contributed by atoms with van der Waals surface area (Å²) in [5.41, 5.74) is -1.02. The third-order valence-corrected chi connectivity index (χ3v) is 14.5. The second kappa shape index (κ2) is 10.2. The minimum atomic E-state index is -0.511. The van der Waals surface area contributed by atoms with Crippen molar-refractivity contribution < 1.29 is 28.5 Å². The van der Waals surface area contributed by atoms with Crippen molar-refractivity contribution in [1.82, 2.24) is 0 Å². The molecular weight excluding hydrogens is 528 g/mol. The van der Waals surface area contributed by atoms with Crippen LogP contribution in [0.4, 0.5) is 0 Å². The Hall–Kier alpha value is -1.14. The third-order valence-electron chi connectivity index (χ3n) is 14.5. The highest BCUT2D eigenvalue weighted by atomic mass is 16.6. The summed E-state index contributed by atoms with van der Waals surface area (Å²) in [5, 5.41) is 0. The first-order chi connectivity index (χ1) is 20.4. The first-order valence-corrected chi connectivity index (χ1v) is 18.0. The number of carbonyl (C=O) groups is 2. The summed E-state index contributed by atoms with van der Waals surface area (Å²) < 4.78 is 24.8. The topological polar surface area (TPSA) is 71.1 Å². The van der Waals surface area contributed by atoms with E-state index in [0.717, 1.165) is 79.4 Å². The average molecular weight is 581 g/mol. The summed E-state index contributed by atoms with van der Waals surface area (Å²) in [6.45, 7) is 1.72. The summed E-state index contributed by atoms with van der Waals surface area (Å²) in [4.78, 5) is 27.3. The van der Waals surface area contributed by atoms with Crippen molar-refractivity contribution in [3.63, 3.8) is 0 Å². The molecule has 0 heterocycles. The lowest BCUT2D eigenvalue weighted by Gasteiger charge is -2.59. The number of ether oxygens (including phenoxy) is 4. The lowest BCUT2D eigenvalue weighted by atomic mass is 9.44. The zero-order valence-electron chi connectivity index (χ0n) is 25.5. The van der Waals surface area contributed by atoms with Gasteiger partial charge in [0.05, 0.1) is 36.3 Å². The fraction of sp³-hybridized carbons (Fsp3) is 0.944. The van der Waals surface area contributed by atoms with E-state index in [1.54, 1.807) is 0 Å². The maximum Gasteiger partial charge on any atom is 0.312 e.